The zero-order valence-electron chi connectivity index (χ0n) is 7.10. The zero-order chi connectivity index (χ0) is 10.1. The van der Waals surface area contributed by atoms with Gasteiger partial charge in [0.2, 0.25) is 6.41 Å². The minimum atomic E-state index is -1.00. The van der Waals surface area contributed by atoms with Crippen LogP contribution in [0.15, 0.2) is 0 Å². The number of hydrogen-bond donors (Lipinski definition) is 3. The molecule has 0 aliphatic rings. The summed E-state index contributed by atoms with van der Waals surface area (Å²) in [5.41, 5.74) is 4.94. The van der Waals surface area contributed by atoms with Crippen molar-refractivity contribution < 1.29 is 14.7 Å². The minimum absolute atomic E-state index is 0.190. The third-order valence-electron chi connectivity index (χ3n) is 0.725. The molecule has 0 fully saturated rings. The number of hydrogen-bond acceptors (Lipinski definition) is 4. The highest BCUT2D eigenvalue weighted by Crippen LogP contribution is 1.80. The standard InChI is InChI=1S/C3H7NO2S.C3H7NO/c4-2(1-7)3(5)6;1-4(2)3-5/h2,7H,1,4H2,(H,5,6);3H,1-2H3. The Morgan fingerprint density at radius 3 is 2.08 bits per heavy atom. The predicted octanol–water partition coefficient (Wildman–Crippen LogP) is -0.967. The van der Waals surface area contributed by atoms with E-state index in [0.29, 0.717) is 0 Å². The van der Waals surface area contributed by atoms with E-state index in [1.54, 1.807) is 14.1 Å². The molecule has 0 aromatic heterocycles. The van der Waals surface area contributed by atoms with Crippen LogP contribution in [0.2, 0.25) is 0 Å². The number of nitrogens with zero attached hydrogens (tertiary/aromatic N) is 1. The van der Waals surface area contributed by atoms with Crippen molar-refractivity contribution in [3.8, 4) is 0 Å². The van der Waals surface area contributed by atoms with Gasteiger partial charge in [0, 0.05) is 19.8 Å². The summed E-state index contributed by atoms with van der Waals surface area (Å²) in [6, 6.07) is -0.816. The molecule has 0 aromatic carbocycles. The molecule has 0 rings (SSSR count). The molecule has 0 aliphatic heterocycles. The van der Waals surface area contributed by atoms with Gasteiger partial charge in [0.25, 0.3) is 0 Å². The van der Waals surface area contributed by atoms with Crippen molar-refractivity contribution in [3.05, 3.63) is 0 Å². The van der Waals surface area contributed by atoms with E-state index < -0.39 is 12.0 Å². The van der Waals surface area contributed by atoms with Crippen LogP contribution in [-0.4, -0.2) is 48.3 Å². The molecular weight excluding hydrogens is 180 g/mol. The van der Waals surface area contributed by atoms with Crippen LogP contribution in [0.4, 0.5) is 0 Å². The van der Waals surface area contributed by atoms with E-state index in [4.69, 9.17) is 10.8 Å². The molecular formula is C6H14N2O3S. The molecule has 72 valence electrons. The molecule has 0 bridgehead atoms. The Bertz CT molecular complexity index is 141. The first kappa shape index (κ1) is 13.8. The molecule has 1 amide bonds. The van der Waals surface area contributed by atoms with E-state index in [9.17, 15) is 9.59 Å². The second-order valence-corrected chi connectivity index (χ2v) is 2.56. The smallest absolute Gasteiger partial charge is 0.321 e. The number of carbonyl (C=O) groups excluding carboxylic acids is 1. The Kier molecular flexibility index (Phi) is 9.61. The lowest BCUT2D eigenvalue weighted by atomic mass is 10.4. The number of thiol groups is 1. The lowest BCUT2D eigenvalue weighted by Gasteiger charge is -1.96. The van der Waals surface area contributed by atoms with Gasteiger partial charge in [-0.15, -0.1) is 0 Å². The lowest BCUT2D eigenvalue weighted by Crippen LogP contribution is -2.31. The van der Waals surface area contributed by atoms with E-state index in [-0.39, 0.29) is 5.75 Å². The molecule has 0 radical (unpaired) electrons. The molecule has 1 atom stereocenters. The predicted molar refractivity (Wildman–Crippen MR) is 49.2 cm³/mol. The van der Waals surface area contributed by atoms with Crippen LogP contribution in [0.3, 0.4) is 0 Å². The van der Waals surface area contributed by atoms with Gasteiger partial charge in [-0.1, -0.05) is 0 Å². The molecule has 1 unspecified atom stereocenters. The molecule has 12 heavy (non-hydrogen) atoms. The number of amides is 1. The fourth-order valence-electron chi connectivity index (χ4n) is 0.0781. The van der Waals surface area contributed by atoms with Crippen LogP contribution >= 0.6 is 12.6 Å². The average molecular weight is 194 g/mol. The summed E-state index contributed by atoms with van der Waals surface area (Å²) in [7, 11) is 3.38. The Balaban J connectivity index is 0. The highest BCUT2D eigenvalue weighted by atomic mass is 32.1. The van der Waals surface area contributed by atoms with Crippen molar-refractivity contribution in [1.82, 2.24) is 4.90 Å². The van der Waals surface area contributed by atoms with E-state index in [1.807, 2.05) is 0 Å². The monoisotopic (exact) mass is 194 g/mol. The van der Waals surface area contributed by atoms with Gasteiger partial charge in [0.05, 0.1) is 0 Å². The first-order valence-electron chi connectivity index (χ1n) is 3.16. The van der Waals surface area contributed by atoms with Crippen molar-refractivity contribution in [2.24, 2.45) is 5.73 Å². The maximum Gasteiger partial charge on any atom is 0.321 e. The van der Waals surface area contributed by atoms with Gasteiger partial charge in [-0.2, -0.15) is 12.6 Å². The van der Waals surface area contributed by atoms with Crippen molar-refractivity contribution in [2.45, 2.75) is 6.04 Å². The molecule has 0 heterocycles. The van der Waals surface area contributed by atoms with Gasteiger partial charge in [-0.05, 0) is 0 Å². The summed E-state index contributed by atoms with van der Waals surface area (Å²) in [5, 5.41) is 8.01. The molecule has 0 aromatic rings. The second-order valence-electron chi connectivity index (χ2n) is 2.20. The van der Waals surface area contributed by atoms with Gasteiger partial charge in [0.1, 0.15) is 6.04 Å². The Morgan fingerprint density at radius 1 is 1.75 bits per heavy atom. The topological polar surface area (TPSA) is 83.6 Å². The summed E-state index contributed by atoms with van der Waals surface area (Å²) in [6.45, 7) is 0. The third-order valence-corrected chi connectivity index (χ3v) is 1.12. The number of carboxylic acids is 1. The van der Waals surface area contributed by atoms with Crippen molar-refractivity contribution >= 4 is 25.0 Å². The summed E-state index contributed by atoms with van der Waals surface area (Å²) < 4.78 is 0. The first-order chi connectivity index (χ1) is 5.45. The summed E-state index contributed by atoms with van der Waals surface area (Å²) in [5.74, 6) is -0.815. The Morgan fingerprint density at radius 2 is 2.08 bits per heavy atom. The number of aliphatic carboxylic acids is 1. The van der Waals surface area contributed by atoms with E-state index in [1.165, 1.54) is 4.90 Å². The fraction of sp³-hybridized carbons (Fsp3) is 0.667. The van der Waals surface area contributed by atoms with Crippen LogP contribution in [0.25, 0.3) is 0 Å². The number of nitrogens with two attached hydrogens (primary N) is 1. The van der Waals surface area contributed by atoms with Crippen LogP contribution < -0.4 is 5.73 Å². The third kappa shape index (κ3) is 12.0. The normalized spacial score (nSPS) is 10.7. The Hall–Kier alpha value is -0.750. The van der Waals surface area contributed by atoms with Gasteiger partial charge in [-0.25, -0.2) is 0 Å². The fourth-order valence-corrected chi connectivity index (χ4v) is 0.234. The second kappa shape index (κ2) is 8.35. The quantitative estimate of drug-likeness (QED) is 0.399. The number of carbonyl (C=O) groups is 2. The molecule has 5 nitrogen and oxygen atoms in total. The van der Waals surface area contributed by atoms with Gasteiger partial charge < -0.3 is 15.7 Å². The Labute approximate surface area is 76.9 Å². The molecule has 0 saturated heterocycles. The van der Waals surface area contributed by atoms with Crippen molar-refractivity contribution in [3.63, 3.8) is 0 Å². The lowest BCUT2D eigenvalue weighted by molar-refractivity contribution is -0.137. The minimum Gasteiger partial charge on any atom is -0.480 e. The molecule has 6 heteroatoms. The molecule has 0 spiro atoms. The van der Waals surface area contributed by atoms with Crippen LogP contribution in [0.5, 0.6) is 0 Å². The van der Waals surface area contributed by atoms with E-state index >= 15 is 0 Å². The largest absolute Gasteiger partial charge is 0.480 e. The van der Waals surface area contributed by atoms with Gasteiger partial charge in [0.15, 0.2) is 0 Å². The van der Waals surface area contributed by atoms with Crippen molar-refractivity contribution in [2.75, 3.05) is 19.8 Å². The summed E-state index contributed by atoms with van der Waals surface area (Å²) in [6.07, 6.45) is 0.750. The zero-order valence-corrected chi connectivity index (χ0v) is 7.99. The van der Waals surface area contributed by atoms with E-state index in [0.717, 1.165) is 6.41 Å². The van der Waals surface area contributed by atoms with Crippen LogP contribution in [-0.2, 0) is 9.59 Å². The maximum atomic E-state index is 9.76. The molecule has 0 aliphatic carbocycles. The summed E-state index contributed by atoms with van der Waals surface area (Å²) >= 11 is 3.65. The van der Waals surface area contributed by atoms with Gasteiger partial charge >= 0.3 is 5.97 Å². The number of carboxylic acid groups (broad SMARTS) is 1. The summed E-state index contributed by atoms with van der Waals surface area (Å²) in [4.78, 5) is 20.6. The van der Waals surface area contributed by atoms with Crippen LogP contribution in [0.1, 0.15) is 0 Å². The number of rotatable bonds is 3. The van der Waals surface area contributed by atoms with Crippen LogP contribution in [0, 0.1) is 0 Å². The van der Waals surface area contributed by atoms with Gasteiger partial charge in [-0.3, -0.25) is 9.59 Å². The highest BCUT2D eigenvalue weighted by Gasteiger charge is 2.06. The molecule has 0 saturated carbocycles. The molecule has 3 N–H and O–H groups in total. The average Bonchev–Trinajstić information content (AvgIpc) is 2.04. The first-order valence-corrected chi connectivity index (χ1v) is 3.79. The van der Waals surface area contributed by atoms with E-state index in [2.05, 4.69) is 12.6 Å². The van der Waals surface area contributed by atoms with Crippen molar-refractivity contribution in [1.29, 1.82) is 0 Å². The maximum absolute atomic E-state index is 9.76. The SMILES string of the molecule is CN(C)C=O.NC(CS)C(=O)O. The highest BCUT2D eigenvalue weighted by molar-refractivity contribution is 7.80.